The molecule has 3 nitrogen and oxygen atoms in total. The highest BCUT2D eigenvalue weighted by Crippen LogP contribution is 2.09. The molecule has 0 spiro atoms. The molecule has 2 rings (SSSR count). The first-order valence-electron chi connectivity index (χ1n) is 5.80. The second-order valence-corrected chi connectivity index (χ2v) is 4.13. The third-order valence-electron chi connectivity index (χ3n) is 2.69. The van der Waals surface area contributed by atoms with Crippen LogP contribution in [0.25, 0.3) is 0 Å². The van der Waals surface area contributed by atoms with E-state index in [1.807, 2.05) is 43.5 Å². The van der Waals surface area contributed by atoms with Gasteiger partial charge in [0.05, 0.1) is 0 Å². The minimum absolute atomic E-state index is 0.924. The summed E-state index contributed by atoms with van der Waals surface area (Å²) in [4.78, 5) is 11.0. The zero-order chi connectivity index (χ0) is 12.1. The van der Waals surface area contributed by atoms with E-state index in [0.29, 0.717) is 0 Å². The molecule has 3 heteroatoms. The maximum Gasteiger partial charge on any atom is 0.128 e. The smallest absolute Gasteiger partial charge is 0.128 e. The van der Waals surface area contributed by atoms with Gasteiger partial charge in [-0.05, 0) is 31.2 Å². The van der Waals surface area contributed by atoms with Crippen molar-refractivity contribution in [3.05, 3.63) is 54.0 Å². The summed E-state index contributed by atoms with van der Waals surface area (Å²) in [6.45, 7) is 2.93. The summed E-state index contributed by atoms with van der Waals surface area (Å²) in [5, 5.41) is 0. The molecule has 0 unspecified atom stereocenters. The summed E-state index contributed by atoms with van der Waals surface area (Å²) in [5.41, 5.74) is 2.17. The Morgan fingerprint density at radius 3 is 2.71 bits per heavy atom. The molecule has 0 bridgehead atoms. The van der Waals surface area contributed by atoms with Crippen molar-refractivity contribution < 1.29 is 0 Å². The molecule has 0 saturated heterocycles. The Morgan fingerprint density at radius 2 is 2.00 bits per heavy atom. The Morgan fingerprint density at radius 1 is 1.12 bits per heavy atom. The predicted molar refractivity (Wildman–Crippen MR) is 70.2 cm³/mol. The Hall–Kier alpha value is -1.90. The second-order valence-electron chi connectivity index (χ2n) is 4.13. The molecule has 17 heavy (non-hydrogen) atoms. The molecule has 2 heterocycles. The van der Waals surface area contributed by atoms with Crippen LogP contribution in [0.3, 0.4) is 0 Å². The highest BCUT2D eigenvalue weighted by molar-refractivity contribution is 5.38. The molecule has 88 valence electrons. The fourth-order valence-corrected chi connectivity index (χ4v) is 1.68. The van der Waals surface area contributed by atoms with Crippen LogP contribution < -0.4 is 4.90 Å². The second kappa shape index (κ2) is 5.43. The summed E-state index contributed by atoms with van der Waals surface area (Å²) in [5.74, 6) is 1.01. The van der Waals surface area contributed by atoms with E-state index in [1.54, 1.807) is 0 Å². The van der Waals surface area contributed by atoms with E-state index >= 15 is 0 Å². The summed E-state index contributed by atoms with van der Waals surface area (Å²) >= 11 is 0. The number of aromatic nitrogens is 2. The first-order valence-corrected chi connectivity index (χ1v) is 5.80. The average molecular weight is 227 g/mol. The van der Waals surface area contributed by atoms with Gasteiger partial charge in [-0.25, -0.2) is 4.98 Å². The van der Waals surface area contributed by atoms with Gasteiger partial charge in [-0.15, -0.1) is 0 Å². The van der Waals surface area contributed by atoms with Gasteiger partial charge in [0.1, 0.15) is 5.82 Å². The molecule has 0 amide bonds. The molecule has 0 aliphatic heterocycles. The molecule has 0 N–H and O–H groups in total. The van der Waals surface area contributed by atoms with Crippen LogP contribution in [0.15, 0.2) is 42.6 Å². The van der Waals surface area contributed by atoms with E-state index < -0.39 is 0 Å². The highest BCUT2D eigenvalue weighted by atomic mass is 15.2. The number of rotatable bonds is 4. The third-order valence-corrected chi connectivity index (χ3v) is 2.69. The molecule has 0 atom stereocenters. The van der Waals surface area contributed by atoms with E-state index in [0.717, 1.165) is 30.2 Å². The summed E-state index contributed by atoms with van der Waals surface area (Å²) < 4.78 is 0. The van der Waals surface area contributed by atoms with Crippen molar-refractivity contribution >= 4 is 5.82 Å². The molecular weight excluding hydrogens is 210 g/mol. The van der Waals surface area contributed by atoms with Gasteiger partial charge in [-0.3, -0.25) is 4.98 Å². The van der Waals surface area contributed by atoms with Crippen molar-refractivity contribution in [3.63, 3.8) is 0 Å². The third kappa shape index (κ3) is 3.28. The monoisotopic (exact) mass is 227 g/mol. The molecule has 0 aromatic carbocycles. The van der Waals surface area contributed by atoms with Crippen LogP contribution in [-0.4, -0.2) is 23.6 Å². The zero-order valence-electron chi connectivity index (χ0n) is 10.3. The minimum Gasteiger partial charge on any atom is -0.359 e. The molecule has 2 aromatic rings. The van der Waals surface area contributed by atoms with E-state index in [2.05, 4.69) is 28.0 Å². The molecule has 0 aliphatic carbocycles. The van der Waals surface area contributed by atoms with Crippen LogP contribution in [0, 0.1) is 6.92 Å². The van der Waals surface area contributed by atoms with Crippen LogP contribution in [0.4, 0.5) is 5.82 Å². The van der Waals surface area contributed by atoms with Crippen LogP contribution >= 0.6 is 0 Å². The first-order chi connectivity index (χ1) is 8.25. The number of nitrogens with zero attached hydrogens (tertiary/aromatic N) is 3. The lowest BCUT2D eigenvalue weighted by atomic mass is 10.2. The van der Waals surface area contributed by atoms with Gasteiger partial charge in [0.2, 0.25) is 0 Å². The number of likely N-dealkylation sites (N-methyl/N-ethyl adjacent to an activating group) is 1. The Kier molecular flexibility index (Phi) is 3.70. The maximum atomic E-state index is 4.49. The minimum atomic E-state index is 0.924. The van der Waals surface area contributed by atoms with Gasteiger partial charge >= 0.3 is 0 Å². The lowest BCUT2D eigenvalue weighted by Gasteiger charge is -2.18. The van der Waals surface area contributed by atoms with Gasteiger partial charge in [0.25, 0.3) is 0 Å². The quantitative estimate of drug-likeness (QED) is 0.803. The van der Waals surface area contributed by atoms with E-state index in [9.17, 15) is 0 Å². The standard InChI is InChI=1S/C14H17N3/c1-12-6-5-8-14(16-12)17(2)11-9-13-7-3-4-10-15-13/h3-8,10H,9,11H2,1-2H3. The van der Waals surface area contributed by atoms with E-state index in [1.165, 1.54) is 0 Å². The molecular formula is C14H17N3. The van der Waals surface area contributed by atoms with Crippen molar-refractivity contribution in [2.45, 2.75) is 13.3 Å². The maximum absolute atomic E-state index is 4.49. The molecule has 0 aliphatic rings. The molecule has 0 radical (unpaired) electrons. The fourth-order valence-electron chi connectivity index (χ4n) is 1.68. The largest absolute Gasteiger partial charge is 0.359 e. The molecule has 0 fully saturated rings. The normalized spacial score (nSPS) is 10.2. The predicted octanol–water partition coefficient (Wildman–Crippen LogP) is 2.46. The lowest BCUT2D eigenvalue weighted by molar-refractivity contribution is 0.836. The number of pyridine rings is 2. The van der Waals surface area contributed by atoms with Crippen molar-refractivity contribution in [3.8, 4) is 0 Å². The Bertz CT molecular complexity index is 468. The van der Waals surface area contributed by atoms with Crippen LogP contribution in [0.2, 0.25) is 0 Å². The number of hydrogen-bond donors (Lipinski definition) is 0. The summed E-state index contributed by atoms with van der Waals surface area (Å²) in [7, 11) is 2.06. The summed E-state index contributed by atoms with van der Waals surface area (Å²) in [6.07, 6.45) is 2.77. The van der Waals surface area contributed by atoms with Crippen molar-refractivity contribution in [1.29, 1.82) is 0 Å². The van der Waals surface area contributed by atoms with E-state index in [-0.39, 0.29) is 0 Å². The average Bonchev–Trinajstić information content (AvgIpc) is 2.37. The fraction of sp³-hybridized carbons (Fsp3) is 0.286. The molecule has 2 aromatic heterocycles. The zero-order valence-corrected chi connectivity index (χ0v) is 10.3. The number of aryl methyl sites for hydroxylation is 1. The number of anilines is 1. The highest BCUT2D eigenvalue weighted by Gasteiger charge is 2.02. The van der Waals surface area contributed by atoms with Crippen molar-refractivity contribution in [1.82, 2.24) is 9.97 Å². The first kappa shape index (κ1) is 11.6. The molecule has 0 saturated carbocycles. The Balaban J connectivity index is 1.96. The van der Waals surface area contributed by atoms with Gasteiger partial charge in [-0.2, -0.15) is 0 Å². The summed E-state index contributed by atoms with van der Waals surface area (Å²) in [6, 6.07) is 12.1. The lowest BCUT2D eigenvalue weighted by Crippen LogP contribution is -2.21. The van der Waals surface area contributed by atoms with Crippen LogP contribution in [0.1, 0.15) is 11.4 Å². The van der Waals surface area contributed by atoms with Crippen LogP contribution in [0.5, 0.6) is 0 Å². The van der Waals surface area contributed by atoms with Crippen molar-refractivity contribution in [2.24, 2.45) is 0 Å². The topological polar surface area (TPSA) is 29.0 Å². The van der Waals surface area contributed by atoms with E-state index in [4.69, 9.17) is 0 Å². The van der Waals surface area contributed by atoms with Gasteiger partial charge < -0.3 is 4.90 Å². The Labute approximate surface area is 102 Å². The number of hydrogen-bond acceptors (Lipinski definition) is 3. The van der Waals surface area contributed by atoms with Gasteiger partial charge in [-0.1, -0.05) is 12.1 Å². The van der Waals surface area contributed by atoms with Crippen molar-refractivity contribution in [2.75, 3.05) is 18.5 Å². The van der Waals surface area contributed by atoms with Gasteiger partial charge in [0, 0.05) is 37.6 Å². The van der Waals surface area contributed by atoms with Gasteiger partial charge in [0.15, 0.2) is 0 Å². The SMILES string of the molecule is Cc1cccc(N(C)CCc2ccccn2)n1. The van der Waals surface area contributed by atoms with Crippen LogP contribution in [-0.2, 0) is 6.42 Å².